The quantitative estimate of drug-likeness (QED) is 0.312. The van der Waals surface area contributed by atoms with Crippen molar-refractivity contribution in [3.05, 3.63) is 23.8 Å². The molecule has 5 nitrogen and oxygen atoms in total. The van der Waals surface area contributed by atoms with Gasteiger partial charge < -0.3 is 19.7 Å². The molecule has 1 N–H and O–H groups in total. The molecule has 6 heteroatoms. The van der Waals surface area contributed by atoms with Crippen molar-refractivity contribution in [2.75, 3.05) is 40.9 Å². The molecule has 0 aliphatic rings. The lowest BCUT2D eigenvalue weighted by atomic mass is 10.1. The lowest BCUT2D eigenvalue weighted by molar-refractivity contribution is 0.354. The lowest BCUT2D eigenvalue weighted by Crippen LogP contribution is -2.40. The number of nitrogens with zero attached hydrogens (tertiary/aromatic N) is 2. The minimum absolute atomic E-state index is 0. The van der Waals surface area contributed by atoms with Crippen molar-refractivity contribution in [1.82, 2.24) is 10.2 Å². The monoisotopic (exact) mass is 431 g/mol. The van der Waals surface area contributed by atoms with Crippen LogP contribution < -0.4 is 14.8 Å². The molecule has 0 saturated carbocycles. The predicted molar refractivity (Wildman–Crippen MR) is 106 cm³/mol. The van der Waals surface area contributed by atoms with Crippen molar-refractivity contribution in [2.45, 2.75) is 13.3 Å². The lowest BCUT2D eigenvalue weighted by Gasteiger charge is -2.22. The maximum atomic E-state index is 5.33. The predicted octanol–water partition coefficient (Wildman–Crippen LogP) is 2.39. The number of hydrogen-bond acceptors (Lipinski definition) is 3. The summed E-state index contributed by atoms with van der Waals surface area (Å²) in [5.41, 5.74) is 1.18. The van der Waals surface area contributed by atoms with Gasteiger partial charge in [0.15, 0.2) is 17.5 Å². The summed E-state index contributed by atoms with van der Waals surface area (Å²) < 4.78 is 10.6. The van der Waals surface area contributed by atoms with Crippen molar-refractivity contribution in [3.8, 4) is 23.8 Å². The zero-order valence-corrected chi connectivity index (χ0v) is 16.6. The summed E-state index contributed by atoms with van der Waals surface area (Å²) >= 11 is 0. The van der Waals surface area contributed by atoms with Crippen molar-refractivity contribution < 1.29 is 9.47 Å². The Balaban J connectivity index is 0.00000484. The number of nitrogens with one attached hydrogen (secondary N) is 1. The van der Waals surface area contributed by atoms with Crippen LogP contribution in [-0.2, 0) is 6.42 Å². The van der Waals surface area contributed by atoms with E-state index in [0.29, 0.717) is 6.54 Å². The molecule has 0 bridgehead atoms. The smallest absolute Gasteiger partial charge is 0.194 e. The summed E-state index contributed by atoms with van der Waals surface area (Å²) in [4.78, 5) is 6.42. The van der Waals surface area contributed by atoms with Gasteiger partial charge in [-0.05, 0) is 31.0 Å². The maximum absolute atomic E-state index is 5.33. The molecule has 23 heavy (non-hydrogen) atoms. The first-order chi connectivity index (χ1) is 10.7. The molecule has 0 spiro atoms. The first-order valence-corrected chi connectivity index (χ1v) is 7.30. The Morgan fingerprint density at radius 3 is 2.57 bits per heavy atom. The molecule has 0 saturated heterocycles. The van der Waals surface area contributed by atoms with Crippen LogP contribution in [0.5, 0.6) is 11.5 Å². The molecule has 0 amide bonds. The highest BCUT2D eigenvalue weighted by Crippen LogP contribution is 2.27. The molecule has 0 aromatic heterocycles. The zero-order chi connectivity index (χ0) is 16.4. The standard InChI is InChI=1S/C17H25N3O2.HI/c1-6-11-19-17(18-7-2)20(3)12-10-14-8-9-15(21-4)16(13-14)22-5;/h1,8-9,13H,7,10-12H2,2-5H3,(H,18,19);1H. The average Bonchev–Trinajstić information content (AvgIpc) is 2.56. The first-order valence-electron chi connectivity index (χ1n) is 7.30. The minimum Gasteiger partial charge on any atom is -0.493 e. The highest BCUT2D eigenvalue weighted by Gasteiger charge is 2.08. The fourth-order valence-electron chi connectivity index (χ4n) is 2.03. The number of likely N-dealkylation sites (N-methyl/N-ethyl adjacent to an activating group) is 1. The molecule has 0 aliphatic carbocycles. The minimum atomic E-state index is 0. The molecule has 128 valence electrons. The van der Waals surface area contributed by atoms with Gasteiger partial charge in [-0.3, -0.25) is 0 Å². The number of methoxy groups -OCH3 is 2. The van der Waals surface area contributed by atoms with E-state index in [2.05, 4.69) is 21.1 Å². The number of rotatable bonds is 7. The summed E-state index contributed by atoms with van der Waals surface area (Å²) in [7, 11) is 5.28. The molecule has 0 heterocycles. The third-order valence-electron chi connectivity index (χ3n) is 3.20. The van der Waals surface area contributed by atoms with Gasteiger partial charge >= 0.3 is 0 Å². The number of terminal acetylenes is 1. The topological polar surface area (TPSA) is 46.1 Å². The highest BCUT2D eigenvalue weighted by atomic mass is 127. The van der Waals surface area contributed by atoms with Crippen molar-refractivity contribution in [1.29, 1.82) is 0 Å². The second-order valence-electron chi connectivity index (χ2n) is 4.74. The number of guanidine groups is 1. The summed E-state index contributed by atoms with van der Waals surface area (Å²) in [5, 5.41) is 3.23. The van der Waals surface area contributed by atoms with Crippen LogP contribution in [0.3, 0.4) is 0 Å². The van der Waals surface area contributed by atoms with Crippen LogP contribution in [-0.4, -0.2) is 51.8 Å². The Kier molecular flexibility index (Phi) is 11.0. The number of aliphatic imine (C=N–C) groups is 1. The van der Waals surface area contributed by atoms with Crippen LogP contribution in [0.4, 0.5) is 0 Å². The van der Waals surface area contributed by atoms with E-state index in [4.69, 9.17) is 15.9 Å². The van der Waals surface area contributed by atoms with E-state index in [1.54, 1.807) is 14.2 Å². The van der Waals surface area contributed by atoms with Gasteiger partial charge in [-0.25, -0.2) is 4.99 Å². The van der Waals surface area contributed by atoms with Gasteiger partial charge in [-0.1, -0.05) is 12.0 Å². The van der Waals surface area contributed by atoms with E-state index >= 15 is 0 Å². The molecule has 0 radical (unpaired) electrons. The van der Waals surface area contributed by atoms with Crippen LogP contribution in [0.15, 0.2) is 23.2 Å². The molecule has 0 unspecified atom stereocenters. The van der Waals surface area contributed by atoms with E-state index < -0.39 is 0 Å². The fourth-order valence-corrected chi connectivity index (χ4v) is 2.03. The molecule has 0 aliphatic heterocycles. The van der Waals surface area contributed by atoms with Gasteiger partial charge in [-0.2, -0.15) is 0 Å². The molecular weight excluding hydrogens is 405 g/mol. The summed E-state index contributed by atoms with van der Waals surface area (Å²) in [6, 6.07) is 5.96. The zero-order valence-electron chi connectivity index (χ0n) is 14.3. The third-order valence-corrected chi connectivity index (χ3v) is 3.20. The van der Waals surface area contributed by atoms with Gasteiger partial charge in [0, 0.05) is 20.1 Å². The molecular formula is C17H26IN3O2. The number of ether oxygens (including phenoxy) is 2. The van der Waals surface area contributed by atoms with Gasteiger partial charge in [-0.15, -0.1) is 30.4 Å². The van der Waals surface area contributed by atoms with Gasteiger partial charge in [0.2, 0.25) is 0 Å². The Bertz CT molecular complexity index is 541. The summed E-state index contributed by atoms with van der Waals surface area (Å²) in [6.45, 7) is 4.05. The normalized spacial score (nSPS) is 10.3. The van der Waals surface area contributed by atoms with Crippen LogP contribution in [0, 0.1) is 12.3 Å². The van der Waals surface area contributed by atoms with Crippen molar-refractivity contribution in [2.24, 2.45) is 4.99 Å². The number of benzene rings is 1. The van der Waals surface area contributed by atoms with Gasteiger partial charge in [0.25, 0.3) is 0 Å². The van der Waals surface area contributed by atoms with Gasteiger partial charge in [0.1, 0.15) is 6.54 Å². The van der Waals surface area contributed by atoms with Crippen LogP contribution >= 0.6 is 24.0 Å². The second-order valence-corrected chi connectivity index (χ2v) is 4.74. The van der Waals surface area contributed by atoms with E-state index in [1.807, 2.05) is 32.2 Å². The highest BCUT2D eigenvalue weighted by molar-refractivity contribution is 14.0. The van der Waals surface area contributed by atoms with E-state index in [0.717, 1.165) is 37.0 Å². The van der Waals surface area contributed by atoms with E-state index in [9.17, 15) is 0 Å². The Morgan fingerprint density at radius 2 is 2.00 bits per heavy atom. The SMILES string of the molecule is C#CCN=C(NCC)N(C)CCc1ccc(OC)c(OC)c1.I. The molecule has 0 fully saturated rings. The van der Waals surface area contributed by atoms with Crippen LogP contribution in [0.1, 0.15) is 12.5 Å². The van der Waals surface area contributed by atoms with Crippen molar-refractivity contribution in [3.63, 3.8) is 0 Å². The largest absolute Gasteiger partial charge is 0.493 e. The Hall–Kier alpha value is -1.62. The van der Waals surface area contributed by atoms with E-state index in [1.165, 1.54) is 5.56 Å². The van der Waals surface area contributed by atoms with Gasteiger partial charge in [0.05, 0.1) is 14.2 Å². The Labute approximate surface area is 156 Å². The number of hydrogen-bond donors (Lipinski definition) is 1. The fraction of sp³-hybridized carbons (Fsp3) is 0.471. The second kappa shape index (κ2) is 11.9. The Morgan fingerprint density at radius 1 is 1.30 bits per heavy atom. The molecule has 1 aromatic rings. The average molecular weight is 431 g/mol. The molecule has 1 rings (SSSR count). The number of halogens is 1. The van der Waals surface area contributed by atoms with Crippen molar-refractivity contribution >= 4 is 29.9 Å². The summed E-state index contributed by atoms with van der Waals surface area (Å²) in [5.74, 6) is 4.83. The van der Waals surface area contributed by atoms with Crippen LogP contribution in [0.2, 0.25) is 0 Å². The maximum Gasteiger partial charge on any atom is 0.194 e. The summed E-state index contributed by atoms with van der Waals surface area (Å²) in [6.07, 6.45) is 6.14. The molecule has 1 aromatic carbocycles. The van der Waals surface area contributed by atoms with Crippen LogP contribution in [0.25, 0.3) is 0 Å². The van der Waals surface area contributed by atoms with E-state index in [-0.39, 0.29) is 24.0 Å². The third kappa shape index (κ3) is 6.99. The molecule has 0 atom stereocenters. The first kappa shape index (κ1) is 21.4.